The van der Waals surface area contributed by atoms with Gasteiger partial charge in [0.05, 0.1) is 0 Å². The highest BCUT2D eigenvalue weighted by atomic mass is 16.5. The SMILES string of the molecule is CC(C)NC1(C(N)=O)CCCC1CCOCCC(C)(C)C. The van der Waals surface area contributed by atoms with E-state index in [9.17, 15) is 4.79 Å². The van der Waals surface area contributed by atoms with Crippen molar-refractivity contribution >= 4 is 5.91 Å². The Balaban J connectivity index is 2.47. The zero-order valence-electron chi connectivity index (χ0n) is 14.5. The molecule has 0 heterocycles. The van der Waals surface area contributed by atoms with E-state index in [1.54, 1.807) is 0 Å². The molecule has 3 N–H and O–H groups in total. The third-order valence-electron chi connectivity index (χ3n) is 4.41. The molecule has 1 aliphatic carbocycles. The Morgan fingerprint density at radius 1 is 1.38 bits per heavy atom. The summed E-state index contributed by atoms with van der Waals surface area (Å²) in [6.07, 6.45) is 4.95. The third-order valence-corrected chi connectivity index (χ3v) is 4.41. The molecule has 1 amide bonds. The first-order valence-corrected chi connectivity index (χ1v) is 8.33. The molecule has 0 aromatic carbocycles. The van der Waals surface area contributed by atoms with E-state index >= 15 is 0 Å². The molecule has 1 rings (SSSR count). The highest BCUT2D eigenvalue weighted by Crippen LogP contribution is 2.38. The molecule has 0 aromatic heterocycles. The van der Waals surface area contributed by atoms with Gasteiger partial charge in [0.1, 0.15) is 5.54 Å². The molecule has 0 spiro atoms. The minimum absolute atomic E-state index is 0.201. The van der Waals surface area contributed by atoms with Crippen molar-refractivity contribution < 1.29 is 9.53 Å². The van der Waals surface area contributed by atoms with Crippen LogP contribution in [0.25, 0.3) is 0 Å². The van der Waals surface area contributed by atoms with Crippen LogP contribution in [0.5, 0.6) is 0 Å². The van der Waals surface area contributed by atoms with Gasteiger partial charge in [-0.05, 0) is 50.9 Å². The van der Waals surface area contributed by atoms with Crippen molar-refractivity contribution in [3.8, 4) is 0 Å². The molecule has 4 nitrogen and oxygen atoms in total. The lowest BCUT2D eigenvalue weighted by Crippen LogP contribution is -2.60. The predicted octanol–water partition coefficient (Wildman–Crippen LogP) is 2.85. The summed E-state index contributed by atoms with van der Waals surface area (Å²) in [5.74, 6) is 0.0976. The fourth-order valence-corrected chi connectivity index (χ4v) is 3.28. The van der Waals surface area contributed by atoms with Crippen LogP contribution >= 0.6 is 0 Å². The van der Waals surface area contributed by atoms with Crippen LogP contribution in [-0.4, -0.2) is 30.7 Å². The Morgan fingerprint density at radius 2 is 2.05 bits per heavy atom. The first-order chi connectivity index (χ1) is 9.67. The number of nitrogens with two attached hydrogens (primary N) is 1. The number of rotatable bonds is 8. The topological polar surface area (TPSA) is 64.3 Å². The van der Waals surface area contributed by atoms with E-state index in [1.807, 2.05) is 0 Å². The second kappa shape index (κ2) is 7.59. The fourth-order valence-electron chi connectivity index (χ4n) is 3.28. The van der Waals surface area contributed by atoms with Crippen molar-refractivity contribution in [1.82, 2.24) is 5.32 Å². The molecule has 2 atom stereocenters. The molecule has 0 aliphatic heterocycles. The Morgan fingerprint density at radius 3 is 2.57 bits per heavy atom. The summed E-state index contributed by atoms with van der Waals surface area (Å²) in [5, 5.41) is 3.44. The number of amides is 1. The van der Waals surface area contributed by atoms with Gasteiger partial charge in [0.2, 0.25) is 5.91 Å². The van der Waals surface area contributed by atoms with Crippen molar-refractivity contribution in [1.29, 1.82) is 0 Å². The number of hydrogen-bond donors (Lipinski definition) is 2. The first kappa shape index (κ1) is 18.4. The van der Waals surface area contributed by atoms with Gasteiger partial charge in [0.15, 0.2) is 0 Å². The van der Waals surface area contributed by atoms with Crippen molar-refractivity contribution in [3.63, 3.8) is 0 Å². The normalized spacial score (nSPS) is 26.5. The lowest BCUT2D eigenvalue weighted by Gasteiger charge is -2.35. The minimum Gasteiger partial charge on any atom is -0.381 e. The summed E-state index contributed by atoms with van der Waals surface area (Å²) in [4.78, 5) is 12.0. The van der Waals surface area contributed by atoms with Gasteiger partial charge in [-0.1, -0.05) is 27.2 Å². The van der Waals surface area contributed by atoms with Gasteiger partial charge < -0.3 is 15.8 Å². The third kappa shape index (κ3) is 5.59. The second-order valence-electron chi connectivity index (χ2n) is 7.94. The molecule has 1 fully saturated rings. The summed E-state index contributed by atoms with van der Waals surface area (Å²) in [6.45, 7) is 12.3. The average molecular weight is 298 g/mol. The zero-order valence-corrected chi connectivity index (χ0v) is 14.5. The molecule has 0 saturated heterocycles. The smallest absolute Gasteiger partial charge is 0.238 e. The zero-order chi connectivity index (χ0) is 16.1. The Hall–Kier alpha value is -0.610. The van der Waals surface area contributed by atoms with Crippen molar-refractivity contribution in [2.45, 2.75) is 78.3 Å². The van der Waals surface area contributed by atoms with Crippen LogP contribution < -0.4 is 11.1 Å². The molecular formula is C17H34N2O2. The number of carbonyl (C=O) groups is 1. The highest BCUT2D eigenvalue weighted by Gasteiger charge is 2.47. The number of ether oxygens (including phenoxy) is 1. The number of hydrogen-bond acceptors (Lipinski definition) is 3. The second-order valence-corrected chi connectivity index (χ2v) is 7.94. The molecule has 21 heavy (non-hydrogen) atoms. The van der Waals surface area contributed by atoms with Crippen LogP contribution in [0.1, 0.15) is 66.7 Å². The Bertz CT molecular complexity index is 336. The maximum absolute atomic E-state index is 12.0. The van der Waals surface area contributed by atoms with Crippen molar-refractivity contribution in [3.05, 3.63) is 0 Å². The van der Waals surface area contributed by atoms with Gasteiger partial charge in [0, 0.05) is 19.3 Å². The minimum atomic E-state index is -0.526. The van der Waals surface area contributed by atoms with E-state index in [4.69, 9.17) is 10.5 Å². The van der Waals surface area contributed by atoms with Gasteiger partial charge in [-0.3, -0.25) is 4.79 Å². The molecule has 1 saturated carbocycles. The number of carbonyl (C=O) groups excluding carboxylic acids is 1. The van der Waals surface area contributed by atoms with Gasteiger partial charge in [-0.25, -0.2) is 0 Å². The van der Waals surface area contributed by atoms with E-state index in [0.29, 0.717) is 11.3 Å². The molecule has 0 aromatic rings. The van der Waals surface area contributed by atoms with Crippen molar-refractivity contribution in [2.75, 3.05) is 13.2 Å². The van der Waals surface area contributed by atoms with Gasteiger partial charge >= 0.3 is 0 Å². The Labute approximate surface area is 130 Å². The predicted molar refractivity (Wildman–Crippen MR) is 87.0 cm³/mol. The van der Waals surface area contributed by atoms with E-state index in [0.717, 1.165) is 45.3 Å². The standard InChI is InChI=1S/C17H34N2O2/c1-13(2)19-17(15(18)20)9-6-7-14(17)8-11-21-12-10-16(3,4)5/h13-14,19H,6-12H2,1-5H3,(H2,18,20). The number of primary amides is 1. The van der Waals surface area contributed by atoms with Gasteiger partial charge in [0.25, 0.3) is 0 Å². The summed E-state index contributed by atoms with van der Waals surface area (Å²) in [6, 6.07) is 0.264. The number of nitrogens with one attached hydrogen (secondary N) is 1. The lowest BCUT2D eigenvalue weighted by molar-refractivity contribution is -0.126. The molecule has 0 radical (unpaired) electrons. The van der Waals surface area contributed by atoms with Crippen LogP contribution in [0.3, 0.4) is 0 Å². The average Bonchev–Trinajstić information content (AvgIpc) is 2.70. The summed E-state index contributed by atoms with van der Waals surface area (Å²) >= 11 is 0. The van der Waals surface area contributed by atoms with Crippen LogP contribution in [0.4, 0.5) is 0 Å². The largest absolute Gasteiger partial charge is 0.381 e. The van der Waals surface area contributed by atoms with E-state index in [1.165, 1.54) is 0 Å². The lowest BCUT2D eigenvalue weighted by atomic mass is 9.83. The molecule has 124 valence electrons. The van der Waals surface area contributed by atoms with E-state index < -0.39 is 5.54 Å². The molecule has 0 bridgehead atoms. The summed E-state index contributed by atoms with van der Waals surface area (Å²) < 4.78 is 5.77. The van der Waals surface area contributed by atoms with E-state index in [2.05, 4.69) is 39.9 Å². The van der Waals surface area contributed by atoms with Gasteiger partial charge in [-0.2, -0.15) is 0 Å². The first-order valence-electron chi connectivity index (χ1n) is 8.33. The summed E-state index contributed by atoms with van der Waals surface area (Å²) in [5.41, 5.74) is 5.50. The van der Waals surface area contributed by atoms with E-state index in [-0.39, 0.29) is 11.9 Å². The quantitative estimate of drug-likeness (QED) is 0.677. The maximum Gasteiger partial charge on any atom is 0.238 e. The van der Waals surface area contributed by atoms with Crippen LogP contribution in [0.2, 0.25) is 0 Å². The van der Waals surface area contributed by atoms with Crippen molar-refractivity contribution in [2.24, 2.45) is 17.1 Å². The summed E-state index contributed by atoms with van der Waals surface area (Å²) in [7, 11) is 0. The molecule has 1 aliphatic rings. The monoisotopic (exact) mass is 298 g/mol. The fraction of sp³-hybridized carbons (Fsp3) is 0.941. The van der Waals surface area contributed by atoms with Crippen LogP contribution in [0.15, 0.2) is 0 Å². The van der Waals surface area contributed by atoms with Gasteiger partial charge in [-0.15, -0.1) is 0 Å². The molecule has 4 heteroatoms. The molecule has 2 unspecified atom stereocenters. The maximum atomic E-state index is 12.0. The van der Waals surface area contributed by atoms with Crippen LogP contribution in [0, 0.1) is 11.3 Å². The van der Waals surface area contributed by atoms with Crippen LogP contribution in [-0.2, 0) is 9.53 Å². The Kier molecular flexibility index (Phi) is 6.67. The highest BCUT2D eigenvalue weighted by molar-refractivity contribution is 5.85. The molecular weight excluding hydrogens is 264 g/mol.